The fraction of sp³-hybridized carbons (Fsp3) is 0.762. The smallest absolute Gasteiger partial charge is 0.190 e. The second kappa shape index (κ2) is 5.59. The minimum atomic E-state index is -1.70. The molecule has 0 radical (unpaired) electrons. The average molecular weight is 362 g/mol. The molecule has 0 heterocycles. The van der Waals surface area contributed by atoms with Gasteiger partial charge in [-0.05, 0) is 55.4 Å². The lowest BCUT2D eigenvalue weighted by atomic mass is 9.46. The standard InChI is InChI=1S/C21H28O5/c1-19-7-5-13(23)9-12(19)3-4-14-15-6-8-21(26,17(25)11-22)20(15,2)10-16(24)18(14)19/h9,14-15,18,22,26H,3-8,10-11H2,1-2H3/t14?,15?,18?,19?,20?,21-/m0/s1/i5D,7D/t5?,7?,14?,15?,18?,19?,20?,21-. The van der Waals surface area contributed by atoms with Gasteiger partial charge in [0.2, 0.25) is 0 Å². The fourth-order valence-corrected chi connectivity index (χ4v) is 6.62. The number of rotatable bonds is 2. The van der Waals surface area contributed by atoms with Crippen molar-refractivity contribution in [2.24, 2.45) is 28.6 Å². The number of ketones is 3. The van der Waals surface area contributed by atoms with Crippen LogP contribution in [0.4, 0.5) is 0 Å². The fourth-order valence-electron chi connectivity index (χ4n) is 6.62. The Kier molecular flexibility index (Phi) is 3.37. The Hall–Kier alpha value is -1.33. The molecule has 0 saturated heterocycles. The summed E-state index contributed by atoms with van der Waals surface area (Å²) in [5, 5.41) is 20.5. The Morgan fingerprint density at radius 1 is 1.35 bits per heavy atom. The van der Waals surface area contributed by atoms with E-state index in [1.807, 2.05) is 6.92 Å². The highest BCUT2D eigenvalue weighted by Crippen LogP contribution is 2.66. The van der Waals surface area contributed by atoms with E-state index >= 15 is 0 Å². The number of carbonyl (C=O) groups is 3. The van der Waals surface area contributed by atoms with E-state index in [0.717, 1.165) is 5.57 Å². The molecule has 4 aliphatic rings. The van der Waals surface area contributed by atoms with E-state index in [4.69, 9.17) is 2.74 Å². The van der Waals surface area contributed by atoms with Gasteiger partial charge in [0, 0.05) is 26.9 Å². The molecule has 0 aliphatic heterocycles. The number of carbonyl (C=O) groups excluding carboxylic acids is 3. The van der Waals surface area contributed by atoms with Crippen molar-refractivity contribution < 1.29 is 27.3 Å². The van der Waals surface area contributed by atoms with Crippen LogP contribution in [-0.2, 0) is 14.4 Å². The molecule has 5 heteroatoms. The van der Waals surface area contributed by atoms with E-state index in [1.165, 1.54) is 6.08 Å². The van der Waals surface area contributed by atoms with Gasteiger partial charge >= 0.3 is 0 Å². The molecule has 5 nitrogen and oxygen atoms in total. The van der Waals surface area contributed by atoms with Gasteiger partial charge < -0.3 is 10.2 Å². The molecule has 4 rings (SSSR count). The van der Waals surface area contributed by atoms with Gasteiger partial charge in [0.15, 0.2) is 11.6 Å². The molecule has 142 valence electrons. The molecule has 0 aromatic heterocycles. The van der Waals surface area contributed by atoms with Gasteiger partial charge in [0.1, 0.15) is 18.0 Å². The molecule has 4 aliphatic carbocycles. The summed E-state index contributed by atoms with van der Waals surface area (Å²) < 4.78 is 16.7. The van der Waals surface area contributed by atoms with E-state index in [1.54, 1.807) is 6.92 Å². The van der Waals surface area contributed by atoms with Crippen molar-refractivity contribution in [3.8, 4) is 0 Å². The van der Waals surface area contributed by atoms with E-state index in [2.05, 4.69) is 0 Å². The molecular weight excluding hydrogens is 332 g/mol. The van der Waals surface area contributed by atoms with Gasteiger partial charge in [0.25, 0.3) is 0 Å². The van der Waals surface area contributed by atoms with Crippen molar-refractivity contribution >= 4 is 17.3 Å². The van der Waals surface area contributed by atoms with Crippen LogP contribution in [0.5, 0.6) is 0 Å². The summed E-state index contributed by atoms with van der Waals surface area (Å²) in [6, 6.07) is 0. The highest BCUT2D eigenvalue weighted by atomic mass is 16.3. The second-order valence-corrected chi connectivity index (χ2v) is 9.02. The molecule has 7 unspecified atom stereocenters. The lowest BCUT2D eigenvalue weighted by Crippen LogP contribution is -2.60. The maximum absolute atomic E-state index is 13.4. The number of Topliss-reactive ketones (excluding diaryl/α,β-unsaturated/α-hetero) is 2. The van der Waals surface area contributed by atoms with Crippen LogP contribution in [0.1, 0.15) is 61.5 Å². The topological polar surface area (TPSA) is 91.7 Å². The molecule has 0 bridgehead atoms. The summed E-state index contributed by atoms with van der Waals surface area (Å²) in [4.78, 5) is 37.9. The largest absolute Gasteiger partial charge is 0.388 e. The molecule has 0 amide bonds. The Labute approximate surface area is 156 Å². The van der Waals surface area contributed by atoms with Gasteiger partial charge in [0.05, 0.1) is 0 Å². The zero-order chi connectivity index (χ0) is 20.6. The zero-order valence-electron chi connectivity index (χ0n) is 17.3. The van der Waals surface area contributed by atoms with E-state index in [0.29, 0.717) is 19.3 Å². The van der Waals surface area contributed by atoms with Crippen molar-refractivity contribution in [2.45, 2.75) is 64.3 Å². The van der Waals surface area contributed by atoms with Crippen LogP contribution >= 0.6 is 0 Å². The number of fused-ring (bicyclic) bond motifs is 5. The highest BCUT2D eigenvalue weighted by molar-refractivity contribution is 5.94. The van der Waals surface area contributed by atoms with Crippen molar-refractivity contribution in [2.75, 3.05) is 6.61 Å². The minimum absolute atomic E-state index is 0.0211. The molecule has 0 aromatic rings. The number of aliphatic hydroxyl groups excluding tert-OH is 1. The maximum atomic E-state index is 13.4. The van der Waals surface area contributed by atoms with Gasteiger partial charge in [-0.1, -0.05) is 19.4 Å². The summed E-state index contributed by atoms with van der Waals surface area (Å²) in [6.07, 6.45) is 1.40. The van der Waals surface area contributed by atoms with Crippen LogP contribution in [0.25, 0.3) is 0 Å². The first-order chi connectivity index (χ1) is 13.0. The van der Waals surface area contributed by atoms with Crippen LogP contribution in [0, 0.1) is 28.6 Å². The molecule has 0 spiro atoms. The summed E-state index contributed by atoms with van der Waals surface area (Å²) in [5.74, 6) is -1.71. The summed E-state index contributed by atoms with van der Waals surface area (Å²) in [7, 11) is 0. The van der Waals surface area contributed by atoms with Crippen LogP contribution in [0.3, 0.4) is 0 Å². The highest BCUT2D eigenvalue weighted by Gasteiger charge is 2.68. The Morgan fingerprint density at radius 2 is 2.08 bits per heavy atom. The number of allylic oxidation sites excluding steroid dienone is 1. The third-order valence-electron chi connectivity index (χ3n) is 8.01. The average Bonchev–Trinajstić information content (AvgIpc) is 2.92. The number of hydrogen-bond acceptors (Lipinski definition) is 5. The summed E-state index contributed by atoms with van der Waals surface area (Å²) in [5.41, 5.74) is -2.68. The molecule has 0 aromatic carbocycles. The second-order valence-electron chi connectivity index (χ2n) is 9.02. The molecule has 3 fully saturated rings. The van der Waals surface area contributed by atoms with Crippen LogP contribution in [-0.4, -0.2) is 39.8 Å². The van der Waals surface area contributed by atoms with E-state index < -0.39 is 47.5 Å². The molecular formula is C21H28O5. The van der Waals surface area contributed by atoms with Crippen molar-refractivity contribution in [1.82, 2.24) is 0 Å². The van der Waals surface area contributed by atoms with Gasteiger partial charge in [-0.2, -0.15) is 0 Å². The molecule has 8 atom stereocenters. The van der Waals surface area contributed by atoms with Crippen LogP contribution < -0.4 is 0 Å². The van der Waals surface area contributed by atoms with Crippen molar-refractivity contribution in [1.29, 1.82) is 0 Å². The van der Waals surface area contributed by atoms with Crippen molar-refractivity contribution in [3.05, 3.63) is 11.6 Å². The molecule has 26 heavy (non-hydrogen) atoms. The monoisotopic (exact) mass is 362 g/mol. The predicted octanol–water partition coefficient (Wildman–Crippen LogP) is 1.99. The zero-order valence-corrected chi connectivity index (χ0v) is 15.3. The lowest BCUT2D eigenvalue weighted by molar-refractivity contribution is -0.170. The van der Waals surface area contributed by atoms with Gasteiger partial charge in [-0.25, -0.2) is 0 Å². The molecule has 2 N–H and O–H groups in total. The first kappa shape index (κ1) is 15.7. The van der Waals surface area contributed by atoms with E-state index in [9.17, 15) is 24.6 Å². The first-order valence-corrected chi connectivity index (χ1v) is 9.51. The first-order valence-electron chi connectivity index (χ1n) is 10.7. The Bertz CT molecular complexity index is 794. The SMILES string of the molecule is [2H]C1C(=O)C=C2CCC3C(C(=O)CC4(C)C3CC[C@]4(O)C(=O)CO)C2(C)C1[2H]. The summed E-state index contributed by atoms with van der Waals surface area (Å²) >= 11 is 0. The minimum Gasteiger partial charge on any atom is -0.388 e. The van der Waals surface area contributed by atoms with Gasteiger partial charge in [-0.3, -0.25) is 14.4 Å². The van der Waals surface area contributed by atoms with E-state index in [-0.39, 0.29) is 36.2 Å². The number of hydrogen-bond donors (Lipinski definition) is 2. The van der Waals surface area contributed by atoms with Gasteiger partial charge in [-0.15, -0.1) is 0 Å². The van der Waals surface area contributed by atoms with Crippen LogP contribution in [0.2, 0.25) is 0 Å². The van der Waals surface area contributed by atoms with Crippen molar-refractivity contribution in [3.63, 3.8) is 0 Å². The summed E-state index contributed by atoms with van der Waals surface area (Å²) in [6.45, 7) is 2.89. The Balaban J connectivity index is 1.78. The Morgan fingerprint density at radius 3 is 2.77 bits per heavy atom. The quantitative estimate of drug-likeness (QED) is 0.784. The predicted molar refractivity (Wildman–Crippen MR) is 94.1 cm³/mol. The third kappa shape index (κ3) is 2.07. The normalized spacial score (nSPS) is 54.5. The maximum Gasteiger partial charge on any atom is 0.190 e. The molecule has 3 saturated carbocycles. The third-order valence-corrected chi connectivity index (χ3v) is 8.01. The lowest BCUT2D eigenvalue weighted by Gasteiger charge is -2.57. The van der Waals surface area contributed by atoms with Crippen LogP contribution in [0.15, 0.2) is 11.6 Å². The number of aliphatic hydroxyl groups is 2.